The number of rotatable bonds is 8. The first kappa shape index (κ1) is 20.0. The highest BCUT2D eigenvalue weighted by Gasteiger charge is 2.24. The van der Waals surface area contributed by atoms with Gasteiger partial charge in [-0.05, 0) is 24.3 Å². The molecule has 0 saturated heterocycles. The van der Waals surface area contributed by atoms with Gasteiger partial charge in [-0.3, -0.25) is 0 Å². The summed E-state index contributed by atoms with van der Waals surface area (Å²) in [4.78, 5) is 5.02. The molecule has 0 aliphatic heterocycles. The molecule has 3 aromatic carbocycles. The van der Waals surface area contributed by atoms with Gasteiger partial charge in [0.05, 0.1) is 0 Å². The van der Waals surface area contributed by atoms with E-state index in [9.17, 15) is 0 Å². The molecule has 0 bridgehead atoms. The summed E-state index contributed by atoms with van der Waals surface area (Å²) in [5.41, 5.74) is 5.15. The normalized spacial score (nSPS) is 14.3. The van der Waals surface area contributed by atoms with E-state index in [2.05, 4.69) is 64.8 Å². The van der Waals surface area contributed by atoms with Gasteiger partial charge in [0.25, 0.3) is 0 Å². The van der Waals surface area contributed by atoms with Crippen LogP contribution >= 0.6 is 11.8 Å². The van der Waals surface area contributed by atoms with E-state index in [-0.39, 0.29) is 0 Å². The summed E-state index contributed by atoms with van der Waals surface area (Å²) < 4.78 is 0. The maximum absolute atomic E-state index is 5.02. The van der Waals surface area contributed by atoms with Gasteiger partial charge in [-0.1, -0.05) is 116 Å². The Hall–Kier alpha value is -2.98. The Kier molecular flexibility index (Phi) is 6.08. The van der Waals surface area contributed by atoms with E-state index >= 15 is 0 Å². The SMILES string of the molecule is c1ccc(-c2nnc(SC(CCC3CC3)c3ccccc3)nc2-c2ccccc2)cc1. The summed E-state index contributed by atoms with van der Waals surface area (Å²) in [6.45, 7) is 0. The highest BCUT2D eigenvalue weighted by Crippen LogP contribution is 2.42. The van der Waals surface area contributed by atoms with Crippen molar-refractivity contribution in [1.29, 1.82) is 0 Å². The van der Waals surface area contributed by atoms with Gasteiger partial charge >= 0.3 is 0 Å². The van der Waals surface area contributed by atoms with Crippen LogP contribution in [0.25, 0.3) is 22.5 Å². The molecule has 4 aromatic rings. The zero-order valence-corrected chi connectivity index (χ0v) is 18.2. The lowest BCUT2D eigenvalue weighted by Crippen LogP contribution is -2.02. The van der Waals surface area contributed by atoms with E-state index in [0.29, 0.717) is 5.25 Å². The molecule has 0 spiro atoms. The summed E-state index contributed by atoms with van der Waals surface area (Å²) >= 11 is 1.74. The number of thioether (sulfide) groups is 1. The van der Waals surface area contributed by atoms with Crippen LogP contribution in [-0.4, -0.2) is 15.2 Å². The Labute approximate surface area is 188 Å². The minimum atomic E-state index is 0.342. The third-order valence-electron chi connectivity index (χ3n) is 5.71. The van der Waals surface area contributed by atoms with E-state index in [4.69, 9.17) is 4.98 Å². The zero-order chi connectivity index (χ0) is 20.9. The molecule has 1 aliphatic rings. The second-order valence-electron chi connectivity index (χ2n) is 8.06. The highest BCUT2D eigenvalue weighted by molar-refractivity contribution is 7.99. The topological polar surface area (TPSA) is 38.7 Å². The fourth-order valence-corrected chi connectivity index (χ4v) is 4.86. The fourth-order valence-electron chi connectivity index (χ4n) is 3.83. The molecule has 31 heavy (non-hydrogen) atoms. The van der Waals surface area contributed by atoms with Gasteiger partial charge in [-0.25, -0.2) is 4.98 Å². The second kappa shape index (κ2) is 9.44. The highest BCUT2D eigenvalue weighted by atomic mass is 32.2. The predicted octanol–water partition coefficient (Wildman–Crippen LogP) is 7.23. The van der Waals surface area contributed by atoms with E-state index in [1.165, 1.54) is 24.8 Å². The molecular formula is C27H25N3S. The molecule has 154 valence electrons. The molecule has 5 rings (SSSR count). The van der Waals surface area contributed by atoms with Gasteiger partial charge in [0.15, 0.2) is 0 Å². The molecule has 1 heterocycles. The van der Waals surface area contributed by atoms with Gasteiger partial charge in [-0.2, -0.15) is 0 Å². The minimum absolute atomic E-state index is 0.342. The van der Waals surface area contributed by atoms with Crippen LogP contribution in [0.5, 0.6) is 0 Å². The molecule has 0 radical (unpaired) electrons. The lowest BCUT2D eigenvalue weighted by Gasteiger charge is -2.17. The number of benzene rings is 3. The molecule has 1 unspecified atom stereocenters. The van der Waals surface area contributed by atoms with Crippen LogP contribution in [0.4, 0.5) is 0 Å². The standard InChI is InChI=1S/C27H25N3S/c1-4-10-21(11-5-1)24(19-18-20-16-17-20)31-27-28-25(22-12-6-2-7-13-22)26(29-30-27)23-14-8-3-9-15-23/h1-15,20,24H,16-19H2. The molecule has 1 fully saturated rings. The van der Waals surface area contributed by atoms with E-state index in [1.807, 2.05) is 36.4 Å². The molecule has 0 N–H and O–H groups in total. The van der Waals surface area contributed by atoms with Gasteiger partial charge < -0.3 is 0 Å². The maximum atomic E-state index is 5.02. The first-order chi connectivity index (χ1) is 15.4. The first-order valence-electron chi connectivity index (χ1n) is 10.9. The minimum Gasteiger partial charge on any atom is -0.219 e. The number of nitrogens with zero attached hydrogens (tertiary/aromatic N) is 3. The molecule has 1 saturated carbocycles. The van der Waals surface area contributed by atoms with Crippen LogP contribution < -0.4 is 0 Å². The first-order valence-corrected chi connectivity index (χ1v) is 11.8. The Bertz CT molecular complexity index is 1110. The number of hydrogen-bond acceptors (Lipinski definition) is 4. The van der Waals surface area contributed by atoms with Gasteiger partial charge in [0.2, 0.25) is 5.16 Å². The van der Waals surface area contributed by atoms with Crippen molar-refractivity contribution in [2.75, 3.05) is 0 Å². The van der Waals surface area contributed by atoms with Crippen molar-refractivity contribution in [2.45, 2.75) is 36.1 Å². The van der Waals surface area contributed by atoms with Crippen LogP contribution in [0.2, 0.25) is 0 Å². The second-order valence-corrected chi connectivity index (χ2v) is 9.23. The van der Waals surface area contributed by atoms with Crippen molar-refractivity contribution in [3.63, 3.8) is 0 Å². The molecule has 0 amide bonds. The molecular weight excluding hydrogens is 398 g/mol. The lowest BCUT2D eigenvalue weighted by molar-refractivity contribution is 0.656. The molecule has 1 aliphatic carbocycles. The van der Waals surface area contributed by atoms with Crippen LogP contribution in [0.1, 0.15) is 36.5 Å². The average Bonchev–Trinajstić information content (AvgIpc) is 3.68. The summed E-state index contributed by atoms with van der Waals surface area (Å²) in [5, 5.41) is 10.3. The van der Waals surface area contributed by atoms with Crippen LogP contribution in [-0.2, 0) is 0 Å². The summed E-state index contributed by atoms with van der Waals surface area (Å²) in [7, 11) is 0. The van der Waals surface area contributed by atoms with E-state index in [0.717, 1.165) is 40.0 Å². The van der Waals surface area contributed by atoms with Crippen LogP contribution in [0, 0.1) is 5.92 Å². The largest absolute Gasteiger partial charge is 0.219 e. The summed E-state index contributed by atoms with van der Waals surface area (Å²) in [6, 6.07) is 31.2. The molecule has 4 heteroatoms. The zero-order valence-electron chi connectivity index (χ0n) is 17.4. The maximum Gasteiger partial charge on any atom is 0.210 e. The van der Waals surface area contributed by atoms with Gasteiger partial charge in [-0.15, -0.1) is 10.2 Å². The average molecular weight is 424 g/mol. The Morgan fingerprint density at radius 2 is 1.29 bits per heavy atom. The molecule has 1 atom stereocenters. The van der Waals surface area contributed by atoms with Crippen molar-refractivity contribution in [3.8, 4) is 22.5 Å². The van der Waals surface area contributed by atoms with Crippen LogP contribution in [0.15, 0.2) is 96.2 Å². The van der Waals surface area contributed by atoms with E-state index in [1.54, 1.807) is 11.8 Å². The summed E-state index contributed by atoms with van der Waals surface area (Å²) in [6.07, 6.45) is 5.18. The molecule has 1 aromatic heterocycles. The van der Waals surface area contributed by atoms with E-state index < -0.39 is 0 Å². The smallest absolute Gasteiger partial charge is 0.210 e. The third kappa shape index (κ3) is 5.02. The monoisotopic (exact) mass is 423 g/mol. The lowest BCUT2D eigenvalue weighted by atomic mass is 10.0. The van der Waals surface area contributed by atoms with Crippen LogP contribution in [0.3, 0.4) is 0 Å². The summed E-state index contributed by atoms with van der Waals surface area (Å²) in [5.74, 6) is 0.909. The van der Waals surface area contributed by atoms with Crippen molar-refractivity contribution in [3.05, 3.63) is 96.6 Å². The quantitative estimate of drug-likeness (QED) is 0.280. The molecule has 3 nitrogen and oxygen atoms in total. The van der Waals surface area contributed by atoms with Crippen molar-refractivity contribution in [1.82, 2.24) is 15.2 Å². The number of hydrogen-bond donors (Lipinski definition) is 0. The Balaban J connectivity index is 1.49. The predicted molar refractivity (Wildman–Crippen MR) is 128 cm³/mol. The fraction of sp³-hybridized carbons (Fsp3) is 0.222. The van der Waals surface area contributed by atoms with Crippen molar-refractivity contribution in [2.24, 2.45) is 5.92 Å². The van der Waals surface area contributed by atoms with Gasteiger partial charge in [0.1, 0.15) is 11.4 Å². The Morgan fingerprint density at radius 3 is 1.90 bits per heavy atom. The number of aromatic nitrogens is 3. The van der Waals surface area contributed by atoms with Gasteiger partial charge in [0, 0.05) is 16.4 Å². The van der Waals surface area contributed by atoms with Crippen molar-refractivity contribution >= 4 is 11.8 Å². The third-order valence-corrected chi connectivity index (χ3v) is 6.89. The Morgan fingerprint density at radius 1 is 0.710 bits per heavy atom. The van der Waals surface area contributed by atoms with Crippen molar-refractivity contribution < 1.29 is 0 Å².